The Hall–Kier alpha value is -0.480. The standard InChI is InChI=1S/C28H46F2O2/c1-18(6-8-20(31)17-28(5,29)30)22-10-11-23-21-9-7-19-16-25(2,32)14-15-26(19,3)24(21)12-13-27(22,23)4/h7,18,20-24,31-32H,6,8-17H2,1-5H3/t18-,20-,21+,22-,23+,24+,25+,26+,27-/m1/s1. The van der Waals surface area contributed by atoms with E-state index < -0.39 is 24.0 Å². The lowest BCUT2D eigenvalue weighted by Gasteiger charge is -2.59. The molecule has 32 heavy (non-hydrogen) atoms. The minimum atomic E-state index is -2.79. The van der Waals surface area contributed by atoms with E-state index >= 15 is 0 Å². The molecule has 3 fully saturated rings. The summed E-state index contributed by atoms with van der Waals surface area (Å²) in [6.45, 7) is 10.2. The molecule has 0 heterocycles. The van der Waals surface area contributed by atoms with Crippen LogP contribution >= 0.6 is 0 Å². The van der Waals surface area contributed by atoms with Crippen LogP contribution in [0.2, 0.25) is 0 Å². The highest BCUT2D eigenvalue weighted by Crippen LogP contribution is 2.67. The number of rotatable bonds is 6. The van der Waals surface area contributed by atoms with Gasteiger partial charge in [0.1, 0.15) is 0 Å². The fraction of sp³-hybridized carbons (Fsp3) is 0.929. The van der Waals surface area contributed by atoms with Gasteiger partial charge in [-0.15, -0.1) is 0 Å². The van der Waals surface area contributed by atoms with E-state index in [1.165, 1.54) is 31.3 Å². The normalized spacial score (nSPS) is 46.0. The van der Waals surface area contributed by atoms with Crippen molar-refractivity contribution in [3.05, 3.63) is 11.6 Å². The highest BCUT2D eigenvalue weighted by molar-refractivity contribution is 5.26. The Bertz CT molecular complexity index is 725. The van der Waals surface area contributed by atoms with Gasteiger partial charge < -0.3 is 10.2 Å². The Balaban J connectivity index is 1.44. The van der Waals surface area contributed by atoms with Gasteiger partial charge in [0.2, 0.25) is 5.92 Å². The van der Waals surface area contributed by atoms with Crippen LogP contribution in [0.25, 0.3) is 0 Å². The van der Waals surface area contributed by atoms with E-state index in [4.69, 9.17) is 0 Å². The van der Waals surface area contributed by atoms with Gasteiger partial charge >= 0.3 is 0 Å². The first-order chi connectivity index (χ1) is 14.8. The van der Waals surface area contributed by atoms with Crippen molar-refractivity contribution in [2.45, 2.75) is 123 Å². The molecule has 4 aliphatic rings. The van der Waals surface area contributed by atoms with Crippen LogP contribution in [0.4, 0.5) is 8.78 Å². The molecule has 2 N–H and O–H groups in total. The molecule has 0 amide bonds. The largest absolute Gasteiger partial charge is 0.393 e. The summed E-state index contributed by atoms with van der Waals surface area (Å²) in [6.07, 6.45) is 11.6. The maximum Gasteiger partial charge on any atom is 0.247 e. The lowest BCUT2D eigenvalue weighted by molar-refractivity contribution is -0.0714. The lowest BCUT2D eigenvalue weighted by atomic mass is 9.46. The Morgan fingerprint density at radius 1 is 1.06 bits per heavy atom. The van der Waals surface area contributed by atoms with E-state index in [2.05, 4.69) is 26.8 Å². The molecule has 0 bridgehead atoms. The van der Waals surface area contributed by atoms with Crippen LogP contribution in [0, 0.1) is 40.4 Å². The fourth-order valence-electron chi connectivity index (χ4n) is 8.95. The van der Waals surface area contributed by atoms with E-state index in [1.54, 1.807) is 0 Å². The van der Waals surface area contributed by atoms with Crippen molar-refractivity contribution in [1.82, 2.24) is 0 Å². The molecule has 4 rings (SSSR count). The van der Waals surface area contributed by atoms with E-state index in [0.717, 1.165) is 56.8 Å². The highest BCUT2D eigenvalue weighted by Gasteiger charge is 2.59. The summed E-state index contributed by atoms with van der Waals surface area (Å²) >= 11 is 0. The zero-order chi connectivity index (χ0) is 23.5. The highest BCUT2D eigenvalue weighted by atomic mass is 19.3. The predicted octanol–water partition coefficient (Wildman–Crippen LogP) is 7.14. The summed E-state index contributed by atoms with van der Waals surface area (Å²) in [6, 6.07) is 0. The molecule has 0 radical (unpaired) electrons. The summed E-state index contributed by atoms with van der Waals surface area (Å²) in [5, 5.41) is 20.8. The third-order valence-corrected chi connectivity index (χ3v) is 10.7. The first-order valence-electron chi connectivity index (χ1n) is 13.2. The second-order valence-electron chi connectivity index (χ2n) is 13.1. The fourth-order valence-corrected chi connectivity index (χ4v) is 8.95. The summed E-state index contributed by atoms with van der Waals surface area (Å²) in [7, 11) is 0. The Labute approximate surface area is 194 Å². The minimum Gasteiger partial charge on any atom is -0.393 e. The summed E-state index contributed by atoms with van der Waals surface area (Å²) in [4.78, 5) is 0. The molecule has 4 aliphatic carbocycles. The Morgan fingerprint density at radius 3 is 2.47 bits per heavy atom. The van der Waals surface area contributed by atoms with Crippen LogP contribution in [-0.4, -0.2) is 27.8 Å². The average molecular weight is 453 g/mol. The van der Waals surface area contributed by atoms with Crippen LogP contribution in [0.3, 0.4) is 0 Å². The molecule has 0 aliphatic heterocycles. The molecule has 9 atom stereocenters. The Morgan fingerprint density at radius 2 is 1.78 bits per heavy atom. The second-order valence-corrected chi connectivity index (χ2v) is 13.1. The molecule has 3 saturated carbocycles. The maximum atomic E-state index is 13.3. The van der Waals surface area contributed by atoms with Gasteiger partial charge in [0.25, 0.3) is 0 Å². The second kappa shape index (κ2) is 8.33. The molecule has 2 nitrogen and oxygen atoms in total. The van der Waals surface area contributed by atoms with Crippen molar-refractivity contribution < 1.29 is 19.0 Å². The van der Waals surface area contributed by atoms with Crippen molar-refractivity contribution in [3.8, 4) is 0 Å². The molecule has 0 spiro atoms. The summed E-state index contributed by atoms with van der Waals surface area (Å²) in [5.74, 6) is 0.536. The SMILES string of the molecule is C[C@H](CC[C@@H](O)CC(C)(F)F)[C@H]1CC[C@H]2[C@@H]3CC=C4C[C@@](C)(O)CC[C@]4(C)[C@H]3CC[C@]12C. The number of alkyl halides is 2. The number of fused-ring (bicyclic) bond motifs is 5. The summed E-state index contributed by atoms with van der Waals surface area (Å²) in [5.41, 5.74) is 1.57. The van der Waals surface area contributed by atoms with Crippen molar-refractivity contribution >= 4 is 0 Å². The van der Waals surface area contributed by atoms with Gasteiger partial charge in [0, 0.05) is 6.42 Å². The first-order valence-corrected chi connectivity index (χ1v) is 13.2. The van der Waals surface area contributed by atoms with Crippen molar-refractivity contribution in [3.63, 3.8) is 0 Å². The van der Waals surface area contributed by atoms with Gasteiger partial charge in [-0.2, -0.15) is 0 Å². The van der Waals surface area contributed by atoms with Gasteiger partial charge in [-0.3, -0.25) is 0 Å². The molecule has 0 aromatic heterocycles. The quantitative estimate of drug-likeness (QED) is 0.421. The van der Waals surface area contributed by atoms with E-state index in [0.29, 0.717) is 23.7 Å². The number of aliphatic hydroxyl groups excluding tert-OH is 1. The lowest BCUT2D eigenvalue weighted by Crippen LogP contribution is -2.52. The van der Waals surface area contributed by atoms with Gasteiger partial charge in [-0.05, 0) is 118 Å². The van der Waals surface area contributed by atoms with Crippen molar-refractivity contribution in [1.29, 1.82) is 0 Å². The zero-order valence-electron chi connectivity index (χ0n) is 21.0. The van der Waals surface area contributed by atoms with E-state index in [1.807, 2.05) is 6.92 Å². The average Bonchev–Trinajstić information content (AvgIpc) is 3.02. The van der Waals surface area contributed by atoms with Crippen molar-refractivity contribution in [2.24, 2.45) is 40.4 Å². The number of hydrogen-bond acceptors (Lipinski definition) is 2. The van der Waals surface area contributed by atoms with Crippen LogP contribution < -0.4 is 0 Å². The minimum absolute atomic E-state index is 0.256. The molecular weight excluding hydrogens is 406 g/mol. The maximum absolute atomic E-state index is 13.3. The van der Waals surface area contributed by atoms with Gasteiger partial charge in [-0.1, -0.05) is 32.4 Å². The van der Waals surface area contributed by atoms with Crippen LogP contribution in [0.15, 0.2) is 11.6 Å². The number of hydrogen-bond donors (Lipinski definition) is 2. The Kier molecular flexibility index (Phi) is 6.41. The number of halogens is 2. The monoisotopic (exact) mass is 452 g/mol. The molecule has 0 unspecified atom stereocenters. The smallest absolute Gasteiger partial charge is 0.247 e. The number of aliphatic hydroxyl groups is 2. The van der Waals surface area contributed by atoms with Crippen LogP contribution in [0.1, 0.15) is 105 Å². The predicted molar refractivity (Wildman–Crippen MR) is 125 cm³/mol. The third-order valence-electron chi connectivity index (χ3n) is 10.7. The van der Waals surface area contributed by atoms with E-state index in [-0.39, 0.29) is 5.41 Å². The van der Waals surface area contributed by atoms with Gasteiger partial charge in [0.05, 0.1) is 11.7 Å². The van der Waals surface area contributed by atoms with E-state index in [9.17, 15) is 19.0 Å². The molecule has 0 saturated heterocycles. The third kappa shape index (κ3) is 4.44. The molecule has 0 aromatic rings. The molecule has 4 heteroatoms. The van der Waals surface area contributed by atoms with Gasteiger partial charge in [-0.25, -0.2) is 8.78 Å². The molecule has 0 aromatic carbocycles. The van der Waals surface area contributed by atoms with Gasteiger partial charge in [0.15, 0.2) is 0 Å². The molecular formula is C28H46F2O2. The first kappa shape index (κ1) is 24.6. The number of allylic oxidation sites excluding steroid dienone is 1. The topological polar surface area (TPSA) is 40.5 Å². The van der Waals surface area contributed by atoms with Crippen LogP contribution in [0.5, 0.6) is 0 Å². The molecule has 184 valence electrons. The van der Waals surface area contributed by atoms with Crippen molar-refractivity contribution in [2.75, 3.05) is 0 Å². The summed E-state index contributed by atoms with van der Waals surface area (Å²) < 4.78 is 26.5. The van der Waals surface area contributed by atoms with Crippen LogP contribution in [-0.2, 0) is 0 Å². The zero-order valence-corrected chi connectivity index (χ0v) is 21.0.